The quantitative estimate of drug-likeness (QED) is 0.784. The molecule has 2 rings (SSSR count). The molecule has 0 unspecified atom stereocenters. The van der Waals surface area contributed by atoms with E-state index in [1.807, 2.05) is 5.32 Å². The number of thioether (sulfide) groups is 1. The molecule has 0 spiro atoms. The minimum atomic E-state index is -0.868. The van der Waals surface area contributed by atoms with Crippen LogP contribution in [0.4, 0.5) is 4.79 Å². The molecule has 0 aliphatic heterocycles. The molecule has 0 aliphatic carbocycles. The number of aromatic nitrogens is 2. The molecular weight excluding hydrogens is 272 g/mol. The molecule has 0 aromatic carbocycles. The third-order valence-electron chi connectivity index (χ3n) is 1.96. The van der Waals surface area contributed by atoms with Gasteiger partial charge in [0.2, 0.25) is 5.91 Å². The first-order chi connectivity index (χ1) is 9.15. The first kappa shape index (κ1) is 13.1. The van der Waals surface area contributed by atoms with E-state index in [0.717, 1.165) is 0 Å². The summed E-state index contributed by atoms with van der Waals surface area (Å²) in [6, 6.07) is 2.54. The molecule has 100 valence electrons. The Hall–Kier alpha value is -2.29. The molecule has 9 heteroatoms. The largest absolute Gasteiger partial charge is 0.459 e. The predicted octanol–water partition coefficient (Wildman–Crippen LogP) is 1.01. The fourth-order valence-electron chi connectivity index (χ4n) is 1.20. The summed E-state index contributed by atoms with van der Waals surface area (Å²) in [5, 5.41) is 9.87. The van der Waals surface area contributed by atoms with E-state index in [2.05, 4.69) is 10.2 Å². The molecule has 0 atom stereocenters. The lowest BCUT2D eigenvalue weighted by atomic mass is 10.4. The molecule has 8 nitrogen and oxygen atoms in total. The van der Waals surface area contributed by atoms with Crippen molar-refractivity contribution in [2.75, 3.05) is 5.75 Å². The molecule has 0 aliphatic rings. The highest BCUT2D eigenvalue weighted by Crippen LogP contribution is 2.23. The Bertz CT molecular complexity index is 566. The first-order valence-corrected chi connectivity index (χ1v) is 6.23. The SMILES string of the molecule is NC(=O)NC(=O)CCSc1nnc(-c2ccco2)o1. The van der Waals surface area contributed by atoms with Gasteiger partial charge in [-0.2, -0.15) is 0 Å². The van der Waals surface area contributed by atoms with Gasteiger partial charge in [0.1, 0.15) is 0 Å². The van der Waals surface area contributed by atoms with E-state index in [1.54, 1.807) is 12.1 Å². The van der Waals surface area contributed by atoms with Gasteiger partial charge in [-0.1, -0.05) is 11.8 Å². The van der Waals surface area contributed by atoms with Gasteiger partial charge in [-0.15, -0.1) is 10.2 Å². The smallest absolute Gasteiger partial charge is 0.318 e. The highest BCUT2D eigenvalue weighted by atomic mass is 32.2. The summed E-state index contributed by atoms with van der Waals surface area (Å²) < 4.78 is 10.4. The number of carbonyl (C=O) groups is 2. The van der Waals surface area contributed by atoms with Gasteiger partial charge in [0.15, 0.2) is 5.76 Å². The maximum atomic E-state index is 11.1. The molecule has 2 aromatic rings. The van der Waals surface area contributed by atoms with E-state index in [4.69, 9.17) is 14.6 Å². The Morgan fingerprint density at radius 1 is 1.42 bits per heavy atom. The van der Waals surface area contributed by atoms with Crippen LogP contribution in [0.5, 0.6) is 0 Å². The van der Waals surface area contributed by atoms with Crippen LogP contribution in [0.1, 0.15) is 6.42 Å². The Morgan fingerprint density at radius 2 is 2.26 bits per heavy atom. The van der Waals surface area contributed by atoms with Gasteiger partial charge >= 0.3 is 6.03 Å². The standard InChI is InChI=1S/C10H10N4O4S/c11-9(16)12-7(15)3-5-19-10-14-13-8(18-10)6-2-1-4-17-6/h1-2,4H,3,5H2,(H3,11,12,15,16). The third-order valence-corrected chi connectivity index (χ3v) is 2.78. The number of imide groups is 1. The van der Waals surface area contributed by atoms with Crippen LogP contribution >= 0.6 is 11.8 Å². The van der Waals surface area contributed by atoms with E-state index < -0.39 is 11.9 Å². The van der Waals surface area contributed by atoms with Gasteiger partial charge in [0.05, 0.1) is 6.26 Å². The fraction of sp³-hybridized carbons (Fsp3) is 0.200. The highest BCUT2D eigenvalue weighted by molar-refractivity contribution is 7.99. The number of hydrogen-bond acceptors (Lipinski definition) is 7. The zero-order valence-corrected chi connectivity index (χ0v) is 10.5. The lowest BCUT2D eigenvalue weighted by molar-refractivity contribution is -0.119. The second-order valence-electron chi connectivity index (χ2n) is 3.36. The zero-order chi connectivity index (χ0) is 13.7. The zero-order valence-electron chi connectivity index (χ0n) is 9.66. The van der Waals surface area contributed by atoms with Crippen LogP contribution in [0.2, 0.25) is 0 Å². The molecular formula is C10H10N4O4S. The average Bonchev–Trinajstić information content (AvgIpc) is 2.97. The fourth-order valence-corrected chi connectivity index (χ4v) is 1.90. The highest BCUT2D eigenvalue weighted by Gasteiger charge is 2.12. The van der Waals surface area contributed by atoms with E-state index >= 15 is 0 Å². The summed E-state index contributed by atoms with van der Waals surface area (Å²) in [6.45, 7) is 0. The van der Waals surface area contributed by atoms with Crippen LogP contribution in [0, 0.1) is 0 Å². The summed E-state index contributed by atoms with van der Waals surface area (Å²) in [7, 11) is 0. The summed E-state index contributed by atoms with van der Waals surface area (Å²) in [6.07, 6.45) is 1.62. The number of nitrogens with two attached hydrogens (primary N) is 1. The summed E-state index contributed by atoms with van der Waals surface area (Å²) >= 11 is 1.20. The maximum Gasteiger partial charge on any atom is 0.318 e. The van der Waals surface area contributed by atoms with Crippen LogP contribution in [-0.2, 0) is 4.79 Å². The van der Waals surface area contributed by atoms with Crippen LogP contribution < -0.4 is 11.1 Å². The van der Waals surface area contributed by atoms with Crippen molar-refractivity contribution in [3.05, 3.63) is 18.4 Å². The Kier molecular flexibility index (Phi) is 4.18. The van der Waals surface area contributed by atoms with Gasteiger partial charge in [0.25, 0.3) is 11.1 Å². The maximum absolute atomic E-state index is 11.1. The lowest BCUT2D eigenvalue weighted by Gasteiger charge is -1.98. The summed E-state index contributed by atoms with van der Waals surface area (Å²) in [4.78, 5) is 21.5. The normalized spacial score (nSPS) is 10.3. The molecule has 0 radical (unpaired) electrons. The molecule has 0 bridgehead atoms. The van der Waals surface area contributed by atoms with Crippen molar-refractivity contribution in [1.82, 2.24) is 15.5 Å². The van der Waals surface area contributed by atoms with Crippen molar-refractivity contribution in [2.45, 2.75) is 11.6 Å². The number of nitrogens with one attached hydrogen (secondary N) is 1. The summed E-state index contributed by atoms with van der Waals surface area (Å²) in [5.41, 5.74) is 4.80. The Labute approximate surface area is 111 Å². The monoisotopic (exact) mass is 282 g/mol. The van der Waals surface area contributed by atoms with Gasteiger partial charge in [0, 0.05) is 12.2 Å². The number of urea groups is 1. The molecule has 3 N–H and O–H groups in total. The van der Waals surface area contributed by atoms with Gasteiger partial charge in [-0.25, -0.2) is 4.79 Å². The minimum Gasteiger partial charge on any atom is -0.459 e. The number of hydrogen-bond donors (Lipinski definition) is 2. The van der Waals surface area contributed by atoms with Crippen molar-refractivity contribution < 1.29 is 18.4 Å². The number of nitrogens with zero attached hydrogens (tertiary/aromatic N) is 2. The van der Waals surface area contributed by atoms with Crippen LogP contribution in [0.3, 0.4) is 0 Å². The number of furan rings is 1. The molecule has 2 aromatic heterocycles. The molecule has 0 fully saturated rings. The minimum absolute atomic E-state index is 0.117. The lowest BCUT2D eigenvalue weighted by Crippen LogP contribution is -2.35. The van der Waals surface area contributed by atoms with Gasteiger partial charge < -0.3 is 14.6 Å². The predicted molar refractivity (Wildman–Crippen MR) is 65.1 cm³/mol. The summed E-state index contributed by atoms with van der Waals surface area (Å²) in [5.74, 6) is 0.685. The van der Waals surface area contributed by atoms with E-state index in [0.29, 0.717) is 16.7 Å². The first-order valence-electron chi connectivity index (χ1n) is 5.24. The third kappa shape index (κ3) is 3.85. The number of rotatable bonds is 5. The number of carbonyl (C=O) groups excluding carboxylic acids is 2. The van der Waals surface area contributed by atoms with Crippen molar-refractivity contribution in [1.29, 1.82) is 0 Å². The van der Waals surface area contributed by atoms with Gasteiger partial charge in [-0.3, -0.25) is 10.1 Å². The van der Waals surface area contributed by atoms with Gasteiger partial charge in [-0.05, 0) is 12.1 Å². The molecule has 0 saturated heterocycles. The van der Waals surface area contributed by atoms with Crippen molar-refractivity contribution >= 4 is 23.7 Å². The van der Waals surface area contributed by atoms with E-state index in [-0.39, 0.29) is 12.3 Å². The van der Waals surface area contributed by atoms with Crippen molar-refractivity contribution in [2.24, 2.45) is 5.73 Å². The molecule has 3 amide bonds. The molecule has 2 heterocycles. The Morgan fingerprint density at radius 3 is 2.95 bits per heavy atom. The Balaban J connectivity index is 1.81. The van der Waals surface area contributed by atoms with E-state index in [1.165, 1.54) is 18.0 Å². The second-order valence-corrected chi connectivity index (χ2v) is 4.41. The van der Waals surface area contributed by atoms with Crippen LogP contribution in [0.15, 0.2) is 32.5 Å². The number of primary amides is 1. The van der Waals surface area contributed by atoms with E-state index in [9.17, 15) is 9.59 Å². The molecule has 19 heavy (non-hydrogen) atoms. The molecule has 0 saturated carbocycles. The van der Waals surface area contributed by atoms with Crippen LogP contribution in [-0.4, -0.2) is 27.9 Å². The number of amides is 3. The van der Waals surface area contributed by atoms with Crippen LogP contribution in [0.25, 0.3) is 11.7 Å². The second kappa shape index (κ2) is 6.05. The van der Waals surface area contributed by atoms with Crippen molar-refractivity contribution in [3.8, 4) is 11.7 Å². The van der Waals surface area contributed by atoms with Crippen molar-refractivity contribution in [3.63, 3.8) is 0 Å². The topological polar surface area (TPSA) is 124 Å². The average molecular weight is 282 g/mol.